The molecule has 0 aromatic heterocycles. The van der Waals surface area contributed by atoms with Crippen LogP contribution in [0, 0.1) is 3.57 Å². The van der Waals surface area contributed by atoms with E-state index in [0.29, 0.717) is 37.5 Å². The van der Waals surface area contributed by atoms with E-state index in [4.69, 9.17) is 0 Å². The number of nitrogens with one attached hydrogen (secondary N) is 1. The highest BCUT2D eigenvalue weighted by atomic mass is 127. The minimum absolute atomic E-state index is 0.0161. The Hall–Kier alpha value is -1.65. The van der Waals surface area contributed by atoms with Crippen LogP contribution in [0.15, 0.2) is 59.5 Å². The van der Waals surface area contributed by atoms with Gasteiger partial charge in [-0.25, -0.2) is 8.42 Å². The zero-order valence-electron chi connectivity index (χ0n) is 14.6. The second-order valence-corrected chi connectivity index (χ2v) is 10.0. The summed E-state index contributed by atoms with van der Waals surface area (Å²) in [5, 5.41) is 2.94. The number of amides is 1. The Morgan fingerprint density at radius 2 is 1.59 bits per heavy atom. The first-order valence-corrected chi connectivity index (χ1v) is 11.3. The van der Waals surface area contributed by atoms with Crippen LogP contribution in [-0.2, 0) is 14.8 Å². The largest absolute Gasteiger partial charge is 0.339 e. The predicted molar refractivity (Wildman–Crippen MR) is 112 cm³/mol. The van der Waals surface area contributed by atoms with Crippen molar-refractivity contribution in [3.63, 3.8) is 0 Å². The zero-order valence-corrected chi connectivity index (χ0v) is 17.6. The number of carbonyl (C=O) groups is 1. The topological polar surface area (TPSA) is 69.7 Å². The van der Waals surface area contributed by atoms with Crippen molar-refractivity contribution in [2.75, 3.05) is 24.7 Å². The maximum absolute atomic E-state index is 12.9. The zero-order chi connectivity index (χ0) is 19.1. The van der Waals surface area contributed by atoms with Crippen molar-refractivity contribution in [2.24, 2.45) is 0 Å². The van der Waals surface area contributed by atoms with Gasteiger partial charge in [-0.2, -0.15) is 4.31 Å². The molecule has 142 valence electrons. The van der Waals surface area contributed by atoms with Gasteiger partial charge in [-0.3, -0.25) is 4.79 Å². The monoisotopic (exact) mass is 497 g/mol. The van der Waals surface area contributed by atoms with E-state index in [-0.39, 0.29) is 5.91 Å². The lowest BCUT2D eigenvalue weighted by atomic mass is 9.86. The summed E-state index contributed by atoms with van der Waals surface area (Å²) < 4.78 is 28.4. The van der Waals surface area contributed by atoms with Crippen LogP contribution in [0.2, 0.25) is 0 Å². The normalized spacial score (nSPS) is 20.0. The molecule has 2 aromatic carbocycles. The first kappa shape index (κ1) is 18.7. The third-order valence-electron chi connectivity index (χ3n) is 5.41. The molecule has 2 aromatic rings. The van der Waals surface area contributed by atoms with Gasteiger partial charge in [0, 0.05) is 22.3 Å². The highest BCUT2D eigenvalue weighted by Gasteiger charge is 2.51. The molecule has 8 heteroatoms. The minimum atomic E-state index is -3.54. The third-order valence-corrected chi connectivity index (χ3v) is 8.04. The molecule has 2 fully saturated rings. The average molecular weight is 497 g/mol. The molecule has 0 saturated carbocycles. The van der Waals surface area contributed by atoms with E-state index < -0.39 is 15.6 Å². The van der Waals surface area contributed by atoms with Crippen molar-refractivity contribution in [3.8, 4) is 0 Å². The van der Waals surface area contributed by atoms with Crippen LogP contribution in [0.3, 0.4) is 0 Å². The lowest BCUT2D eigenvalue weighted by Crippen LogP contribution is -2.57. The van der Waals surface area contributed by atoms with Gasteiger partial charge in [0.2, 0.25) is 15.9 Å². The molecule has 4 rings (SSSR count). The van der Waals surface area contributed by atoms with Gasteiger partial charge >= 0.3 is 0 Å². The number of para-hydroxylation sites is 1. The quantitative estimate of drug-likeness (QED) is 0.662. The SMILES string of the molecule is O=C1NCN(c2ccccc2)C12CCN(S(=O)(=O)c1ccc(I)cc1)CC2. The molecule has 6 nitrogen and oxygen atoms in total. The molecule has 1 amide bonds. The highest BCUT2D eigenvalue weighted by Crippen LogP contribution is 2.37. The second kappa shape index (κ2) is 7.06. The number of anilines is 1. The van der Waals surface area contributed by atoms with Gasteiger partial charge in [-0.15, -0.1) is 0 Å². The van der Waals surface area contributed by atoms with Crippen LogP contribution in [0.4, 0.5) is 5.69 Å². The first-order chi connectivity index (χ1) is 12.9. The summed E-state index contributed by atoms with van der Waals surface area (Å²) in [6, 6.07) is 16.7. The standard InChI is InChI=1S/C19H20IN3O3S/c20-15-6-8-17(9-7-15)27(25,26)22-12-10-19(11-13-22)18(24)21-14-23(19)16-4-2-1-3-5-16/h1-9H,10-14H2,(H,21,24). The predicted octanol–water partition coefficient (Wildman–Crippen LogP) is 2.41. The third kappa shape index (κ3) is 3.23. The summed E-state index contributed by atoms with van der Waals surface area (Å²) in [6.07, 6.45) is 0.939. The van der Waals surface area contributed by atoms with Crippen LogP contribution in [0.1, 0.15) is 12.8 Å². The molecule has 2 saturated heterocycles. The number of rotatable bonds is 3. The molecule has 0 aliphatic carbocycles. The molecule has 0 unspecified atom stereocenters. The fourth-order valence-electron chi connectivity index (χ4n) is 3.88. The van der Waals surface area contributed by atoms with Crippen LogP contribution < -0.4 is 10.2 Å². The van der Waals surface area contributed by atoms with E-state index in [1.165, 1.54) is 4.31 Å². The van der Waals surface area contributed by atoms with E-state index >= 15 is 0 Å². The molecule has 0 bridgehead atoms. The van der Waals surface area contributed by atoms with Gasteiger partial charge < -0.3 is 10.2 Å². The molecule has 1 N–H and O–H groups in total. The molecule has 27 heavy (non-hydrogen) atoms. The van der Waals surface area contributed by atoms with Crippen molar-refractivity contribution < 1.29 is 13.2 Å². The van der Waals surface area contributed by atoms with E-state index in [0.717, 1.165) is 9.26 Å². The summed E-state index contributed by atoms with van der Waals surface area (Å²) in [4.78, 5) is 15.1. The van der Waals surface area contributed by atoms with Gasteiger partial charge in [0.1, 0.15) is 5.54 Å². The second-order valence-electron chi connectivity index (χ2n) is 6.82. The van der Waals surface area contributed by atoms with Gasteiger partial charge in [-0.1, -0.05) is 18.2 Å². The van der Waals surface area contributed by atoms with E-state index in [1.54, 1.807) is 24.3 Å². The number of hydrogen-bond acceptors (Lipinski definition) is 4. The Kier molecular flexibility index (Phi) is 4.89. The van der Waals surface area contributed by atoms with Gasteiger partial charge in [0.15, 0.2) is 0 Å². The van der Waals surface area contributed by atoms with Crippen LogP contribution in [-0.4, -0.2) is 43.9 Å². The Balaban J connectivity index is 1.57. The van der Waals surface area contributed by atoms with Gasteiger partial charge in [0.05, 0.1) is 11.6 Å². The maximum Gasteiger partial charge on any atom is 0.247 e. The minimum Gasteiger partial charge on any atom is -0.339 e. The molecule has 0 radical (unpaired) electrons. The van der Waals surface area contributed by atoms with E-state index in [1.807, 2.05) is 30.3 Å². The molecule has 1 spiro atoms. The smallest absolute Gasteiger partial charge is 0.247 e. The van der Waals surface area contributed by atoms with Gasteiger partial charge in [-0.05, 0) is 71.8 Å². The number of sulfonamides is 1. The number of halogens is 1. The Morgan fingerprint density at radius 1 is 0.963 bits per heavy atom. The summed E-state index contributed by atoms with van der Waals surface area (Å²) in [5.41, 5.74) is 0.296. The Bertz CT molecular complexity index is 940. The van der Waals surface area contributed by atoms with E-state index in [2.05, 4.69) is 32.8 Å². The van der Waals surface area contributed by atoms with Crippen molar-refractivity contribution >= 4 is 44.2 Å². The summed E-state index contributed by atoms with van der Waals surface area (Å²) in [7, 11) is -3.54. The lowest BCUT2D eigenvalue weighted by molar-refractivity contribution is -0.124. The van der Waals surface area contributed by atoms with Crippen LogP contribution in [0.25, 0.3) is 0 Å². The molecule has 2 aliphatic heterocycles. The first-order valence-electron chi connectivity index (χ1n) is 8.80. The van der Waals surface area contributed by atoms with Crippen LogP contribution in [0.5, 0.6) is 0 Å². The van der Waals surface area contributed by atoms with Crippen molar-refractivity contribution in [1.82, 2.24) is 9.62 Å². The van der Waals surface area contributed by atoms with Crippen LogP contribution >= 0.6 is 22.6 Å². The number of carbonyl (C=O) groups excluding carboxylic acids is 1. The molecular weight excluding hydrogens is 477 g/mol. The van der Waals surface area contributed by atoms with Crippen molar-refractivity contribution in [3.05, 3.63) is 58.2 Å². The molecule has 2 aliphatic rings. The molecular formula is C19H20IN3O3S. The highest BCUT2D eigenvalue weighted by molar-refractivity contribution is 14.1. The summed E-state index contributed by atoms with van der Waals surface area (Å²) >= 11 is 2.15. The Morgan fingerprint density at radius 3 is 2.22 bits per heavy atom. The number of piperidine rings is 1. The molecule has 2 heterocycles. The summed E-state index contributed by atoms with van der Waals surface area (Å²) in [6.45, 7) is 1.10. The summed E-state index contributed by atoms with van der Waals surface area (Å²) in [5.74, 6) is -0.0161. The molecule has 0 atom stereocenters. The Labute approximate surface area is 172 Å². The fourth-order valence-corrected chi connectivity index (χ4v) is 5.69. The van der Waals surface area contributed by atoms with Crippen molar-refractivity contribution in [1.29, 1.82) is 0 Å². The van der Waals surface area contributed by atoms with E-state index in [9.17, 15) is 13.2 Å². The number of benzene rings is 2. The number of nitrogens with zero attached hydrogens (tertiary/aromatic N) is 2. The lowest BCUT2D eigenvalue weighted by Gasteiger charge is -2.42. The fraction of sp³-hybridized carbons (Fsp3) is 0.316. The van der Waals surface area contributed by atoms with Crippen molar-refractivity contribution in [2.45, 2.75) is 23.3 Å². The van der Waals surface area contributed by atoms with Gasteiger partial charge in [0.25, 0.3) is 0 Å². The average Bonchev–Trinajstić information content (AvgIpc) is 2.99. The maximum atomic E-state index is 12.9. The number of hydrogen-bond donors (Lipinski definition) is 1.